The molecule has 0 spiro atoms. The highest BCUT2D eigenvalue weighted by molar-refractivity contribution is 9.10. The molecule has 0 unspecified atom stereocenters. The van der Waals surface area contributed by atoms with Gasteiger partial charge in [0.25, 0.3) is 5.91 Å². The third-order valence-electron chi connectivity index (χ3n) is 3.37. The Morgan fingerprint density at radius 1 is 1.22 bits per heavy atom. The third-order valence-corrected chi connectivity index (χ3v) is 4.78. The molecule has 3 rings (SSSR count). The number of rotatable bonds is 3. The molecular formula is C18H15BrN2OS. The lowest BCUT2D eigenvalue weighted by Crippen LogP contribution is -2.19. The average molecular weight is 387 g/mol. The van der Waals surface area contributed by atoms with Gasteiger partial charge in [-0.05, 0) is 59.7 Å². The van der Waals surface area contributed by atoms with Crippen LogP contribution in [0.25, 0.3) is 6.08 Å². The van der Waals surface area contributed by atoms with Gasteiger partial charge in [-0.25, -0.2) is 4.99 Å². The molecule has 3 nitrogen and oxygen atoms in total. The number of nitrogens with zero attached hydrogens (tertiary/aromatic N) is 1. The van der Waals surface area contributed by atoms with Gasteiger partial charge in [0.05, 0.1) is 10.6 Å². The summed E-state index contributed by atoms with van der Waals surface area (Å²) in [7, 11) is 0. The van der Waals surface area contributed by atoms with E-state index in [-0.39, 0.29) is 5.91 Å². The first-order chi connectivity index (χ1) is 11.1. The van der Waals surface area contributed by atoms with Gasteiger partial charge in [0, 0.05) is 4.47 Å². The second-order valence-corrected chi connectivity index (χ2v) is 7.00. The lowest BCUT2D eigenvalue weighted by atomic mass is 10.2. The van der Waals surface area contributed by atoms with E-state index in [9.17, 15) is 4.79 Å². The summed E-state index contributed by atoms with van der Waals surface area (Å²) in [5.74, 6) is -0.112. The molecule has 0 radical (unpaired) electrons. The maximum atomic E-state index is 12.1. The smallest absolute Gasteiger partial charge is 0.264 e. The van der Waals surface area contributed by atoms with Crippen molar-refractivity contribution in [1.82, 2.24) is 5.32 Å². The van der Waals surface area contributed by atoms with Crippen LogP contribution in [-0.2, 0) is 11.2 Å². The van der Waals surface area contributed by atoms with E-state index in [1.165, 1.54) is 17.3 Å². The zero-order valence-electron chi connectivity index (χ0n) is 12.5. The molecule has 1 N–H and O–H groups in total. The summed E-state index contributed by atoms with van der Waals surface area (Å²) in [6.07, 6.45) is 2.87. The third kappa shape index (κ3) is 4.12. The van der Waals surface area contributed by atoms with E-state index >= 15 is 0 Å². The van der Waals surface area contributed by atoms with Gasteiger partial charge in [-0.3, -0.25) is 4.79 Å². The fourth-order valence-electron chi connectivity index (χ4n) is 2.15. The molecule has 1 amide bonds. The van der Waals surface area contributed by atoms with Gasteiger partial charge >= 0.3 is 0 Å². The molecule has 1 fully saturated rings. The summed E-state index contributed by atoms with van der Waals surface area (Å²) in [4.78, 5) is 17.2. The molecule has 0 saturated carbocycles. The Kier molecular flexibility index (Phi) is 4.98. The summed E-state index contributed by atoms with van der Waals surface area (Å²) in [5.41, 5.74) is 3.09. The predicted octanol–water partition coefficient (Wildman–Crippen LogP) is 4.90. The number of aryl methyl sites for hydroxylation is 1. The van der Waals surface area contributed by atoms with Gasteiger partial charge in [-0.2, -0.15) is 0 Å². The summed E-state index contributed by atoms with van der Waals surface area (Å²) >= 11 is 4.79. The Morgan fingerprint density at radius 3 is 2.70 bits per heavy atom. The Bertz CT molecular complexity index is 797. The van der Waals surface area contributed by atoms with Crippen molar-refractivity contribution in [1.29, 1.82) is 0 Å². The van der Waals surface area contributed by atoms with E-state index in [4.69, 9.17) is 0 Å². The fraction of sp³-hybridized carbons (Fsp3) is 0.111. The second kappa shape index (κ2) is 7.15. The molecular weight excluding hydrogens is 372 g/mol. The predicted molar refractivity (Wildman–Crippen MR) is 101 cm³/mol. The molecule has 1 aliphatic rings. The van der Waals surface area contributed by atoms with Crippen LogP contribution in [0.3, 0.4) is 0 Å². The quantitative estimate of drug-likeness (QED) is 0.761. The summed E-state index contributed by atoms with van der Waals surface area (Å²) < 4.78 is 0.986. The number of hydrogen-bond donors (Lipinski definition) is 1. The maximum absolute atomic E-state index is 12.1. The van der Waals surface area contributed by atoms with Crippen molar-refractivity contribution in [2.45, 2.75) is 13.3 Å². The van der Waals surface area contributed by atoms with E-state index in [0.717, 1.165) is 22.1 Å². The normalized spacial score (nSPS) is 17.7. The minimum Gasteiger partial charge on any atom is -0.300 e. The second-order valence-electron chi connectivity index (χ2n) is 5.06. The number of benzene rings is 2. The van der Waals surface area contributed by atoms with Crippen LogP contribution in [-0.4, -0.2) is 11.1 Å². The van der Waals surface area contributed by atoms with Crippen molar-refractivity contribution in [2.75, 3.05) is 0 Å². The molecule has 0 aliphatic carbocycles. The Labute approximate surface area is 148 Å². The highest BCUT2D eigenvalue weighted by Gasteiger charge is 2.23. The van der Waals surface area contributed by atoms with E-state index in [1.54, 1.807) is 0 Å². The van der Waals surface area contributed by atoms with Crippen molar-refractivity contribution in [3.63, 3.8) is 0 Å². The van der Waals surface area contributed by atoms with Gasteiger partial charge in [-0.15, -0.1) is 0 Å². The summed E-state index contributed by atoms with van der Waals surface area (Å²) in [5, 5.41) is 3.42. The minimum absolute atomic E-state index is 0.112. The van der Waals surface area contributed by atoms with Gasteiger partial charge in [0.1, 0.15) is 0 Å². The molecule has 0 aromatic heterocycles. The van der Waals surface area contributed by atoms with Crippen LogP contribution in [0.1, 0.15) is 18.1 Å². The zero-order chi connectivity index (χ0) is 16.2. The van der Waals surface area contributed by atoms with Crippen molar-refractivity contribution in [3.8, 4) is 0 Å². The molecule has 0 atom stereocenters. The first-order valence-electron chi connectivity index (χ1n) is 7.28. The van der Waals surface area contributed by atoms with Crippen LogP contribution < -0.4 is 5.32 Å². The van der Waals surface area contributed by atoms with E-state index in [1.807, 2.05) is 42.5 Å². The molecule has 2 aromatic rings. The molecule has 1 heterocycles. The van der Waals surface area contributed by atoms with E-state index in [2.05, 4.69) is 45.3 Å². The van der Waals surface area contributed by atoms with Crippen LogP contribution >= 0.6 is 27.7 Å². The van der Waals surface area contributed by atoms with Crippen molar-refractivity contribution >= 4 is 50.5 Å². The first kappa shape index (κ1) is 16.0. The van der Waals surface area contributed by atoms with Crippen LogP contribution in [0.4, 0.5) is 5.69 Å². The monoisotopic (exact) mass is 386 g/mol. The minimum atomic E-state index is -0.112. The molecule has 116 valence electrons. The number of carbonyl (C=O) groups excluding carboxylic acids is 1. The Balaban J connectivity index is 1.80. The maximum Gasteiger partial charge on any atom is 0.264 e. The van der Waals surface area contributed by atoms with E-state index in [0.29, 0.717) is 10.1 Å². The fourth-order valence-corrected chi connectivity index (χ4v) is 3.41. The molecule has 23 heavy (non-hydrogen) atoms. The van der Waals surface area contributed by atoms with Gasteiger partial charge in [-0.1, -0.05) is 47.1 Å². The number of carbonyl (C=O) groups is 1. The number of halogens is 1. The van der Waals surface area contributed by atoms with Crippen LogP contribution in [0, 0.1) is 0 Å². The van der Waals surface area contributed by atoms with Crippen LogP contribution in [0.2, 0.25) is 0 Å². The number of amidine groups is 1. The molecule has 1 saturated heterocycles. The highest BCUT2D eigenvalue weighted by Crippen LogP contribution is 2.28. The van der Waals surface area contributed by atoms with Crippen molar-refractivity contribution in [2.24, 2.45) is 4.99 Å². The Hall–Kier alpha value is -1.85. The number of nitrogens with one attached hydrogen (secondary N) is 1. The van der Waals surface area contributed by atoms with Gasteiger partial charge in [0.2, 0.25) is 0 Å². The molecule has 2 aromatic carbocycles. The molecule has 0 bridgehead atoms. The Morgan fingerprint density at radius 2 is 2.00 bits per heavy atom. The first-order valence-corrected chi connectivity index (χ1v) is 8.89. The zero-order valence-corrected chi connectivity index (χ0v) is 14.9. The number of hydrogen-bond acceptors (Lipinski definition) is 3. The standard InChI is InChI=1S/C18H15BrN2OS/c1-2-12-6-8-15(9-7-12)20-18-21-17(22)16(23-18)11-13-4-3-5-14(19)10-13/h3-11H,2H2,1H3,(H,20,21,22). The van der Waals surface area contributed by atoms with Crippen molar-refractivity contribution < 1.29 is 4.79 Å². The summed E-state index contributed by atoms with van der Waals surface area (Å²) in [6, 6.07) is 15.9. The largest absolute Gasteiger partial charge is 0.300 e. The van der Waals surface area contributed by atoms with Crippen LogP contribution in [0.5, 0.6) is 0 Å². The average Bonchev–Trinajstić information content (AvgIpc) is 2.87. The number of amides is 1. The topological polar surface area (TPSA) is 41.5 Å². The van der Waals surface area contributed by atoms with Gasteiger partial charge in [0.15, 0.2) is 5.17 Å². The lowest BCUT2D eigenvalue weighted by molar-refractivity contribution is -0.115. The SMILES string of the molecule is CCc1ccc(N=C2NC(=O)C(=Cc3cccc(Br)c3)S2)cc1. The molecule has 1 aliphatic heterocycles. The van der Waals surface area contributed by atoms with Crippen LogP contribution in [0.15, 0.2) is 62.9 Å². The number of aliphatic imine (C=N–C) groups is 1. The van der Waals surface area contributed by atoms with E-state index < -0.39 is 0 Å². The lowest BCUT2D eigenvalue weighted by Gasteiger charge is -1.98. The molecule has 5 heteroatoms. The summed E-state index contributed by atoms with van der Waals surface area (Å²) in [6.45, 7) is 2.12. The van der Waals surface area contributed by atoms with Gasteiger partial charge < -0.3 is 5.32 Å². The van der Waals surface area contributed by atoms with Crippen molar-refractivity contribution in [3.05, 3.63) is 69.0 Å². The number of thioether (sulfide) groups is 1. The highest BCUT2D eigenvalue weighted by atomic mass is 79.9.